The minimum atomic E-state index is -0.422. The number of pyridine rings is 1. The second kappa shape index (κ2) is 11.4. The van der Waals surface area contributed by atoms with Crippen LogP contribution < -0.4 is 10.6 Å². The zero-order valence-electron chi connectivity index (χ0n) is 21.1. The van der Waals surface area contributed by atoms with E-state index in [0.29, 0.717) is 22.9 Å². The summed E-state index contributed by atoms with van der Waals surface area (Å²) in [6.07, 6.45) is 3.81. The predicted molar refractivity (Wildman–Crippen MR) is 149 cm³/mol. The number of hydrogen-bond donors (Lipinski definition) is 2. The van der Waals surface area contributed by atoms with Crippen LogP contribution in [0.3, 0.4) is 0 Å². The van der Waals surface area contributed by atoms with Gasteiger partial charge in [-0.05, 0) is 78.9 Å². The van der Waals surface area contributed by atoms with Crippen molar-refractivity contribution >= 4 is 34.9 Å². The van der Waals surface area contributed by atoms with Crippen LogP contribution in [0, 0.1) is 5.82 Å². The fourth-order valence-corrected chi connectivity index (χ4v) is 5.05. The van der Waals surface area contributed by atoms with Gasteiger partial charge in [-0.3, -0.25) is 9.78 Å². The van der Waals surface area contributed by atoms with Crippen LogP contribution in [0.4, 0.5) is 10.1 Å². The van der Waals surface area contributed by atoms with E-state index in [2.05, 4.69) is 15.6 Å². The van der Waals surface area contributed by atoms with E-state index in [0.717, 1.165) is 17.1 Å². The molecule has 198 valence electrons. The fourth-order valence-electron chi connectivity index (χ4n) is 4.72. The van der Waals surface area contributed by atoms with Gasteiger partial charge in [0.2, 0.25) is 5.91 Å². The molecule has 2 aromatic carbocycles. The third-order valence-corrected chi connectivity index (χ3v) is 6.89. The van der Waals surface area contributed by atoms with E-state index < -0.39 is 5.97 Å². The summed E-state index contributed by atoms with van der Waals surface area (Å²) in [5.41, 5.74) is 3.44. The van der Waals surface area contributed by atoms with Crippen LogP contribution in [0.15, 0.2) is 91.3 Å². The minimum absolute atomic E-state index is 0.156. The third kappa shape index (κ3) is 5.65. The van der Waals surface area contributed by atoms with Crippen molar-refractivity contribution in [2.75, 3.05) is 19.0 Å². The highest BCUT2D eigenvalue weighted by Crippen LogP contribution is 2.39. The van der Waals surface area contributed by atoms with E-state index in [1.807, 2.05) is 52.1 Å². The molecule has 1 aliphatic rings. The van der Waals surface area contributed by atoms with E-state index in [-0.39, 0.29) is 30.2 Å². The number of halogens is 1. The van der Waals surface area contributed by atoms with Gasteiger partial charge in [0.05, 0.1) is 30.5 Å². The first-order valence-electron chi connectivity index (χ1n) is 12.3. The van der Waals surface area contributed by atoms with Gasteiger partial charge < -0.3 is 24.8 Å². The highest BCUT2D eigenvalue weighted by atomic mass is 32.1. The van der Waals surface area contributed by atoms with Crippen molar-refractivity contribution in [3.05, 3.63) is 114 Å². The van der Waals surface area contributed by atoms with Crippen LogP contribution in [0.25, 0.3) is 5.69 Å². The summed E-state index contributed by atoms with van der Waals surface area (Å²) in [6, 6.07) is 21.9. The number of nitrogens with zero attached hydrogens (tertiary/aromatic N) is 3. The Kier molecular flexibility index (Phi) is 7.64. The van der Waals surface area contributed by atoms with E-state index in [1.54, 1.807) is 24.4 Å². The minimum Gasteiger partial charge on any atom is -0.465 e. The van der Waals surface area contributed by atoms with Crippen LogP contribution in [0.2, 0.25) is 0 Å². The van der Waals surface area contributed by atoms with Gasteiger partial charge in [-0.15, -0.1) is 0 Å². The molecule has 10 heteroatoms. The molecular formula is C29H26FN5O3S. The second-order valence-electron chi connectivity index (χ2n) is 8.97. The Morgan fingerprint density at radius 3 is 2.64 bits per heavy atom. The maximum atomic E-state index is 13.2. The van der Waals surface area contributed by atoms with Gasteiger partial charge in [0.25, 0.3) is 0 Å². The predicted octanol–water partition coefficient (Wildman–Crippen LogP) is 4.80. The second-order valence-corrected chi connectivity index (χ2v) is 9.36. The number of hydrogen-bond acceptors (Lipinski definition) is 5. The Morgan fingerprint density at radius 2 is 1.90 bits per heavy atom. The lowest BCUT2D eigenvalue weighted by atomic mass is 10.0. The molecule has 1 fully saturated rings. The van der Waals surface area contributed by atoms with Crippen LogP contribution in [0.5, 0.6) is 0 Å². The van der Waals surface area contributed by atoms with E-state index >= 15 is 0 Å². The van der Waals surface area contributed by atoms with Gasteiger partial charge in [0, 0.05) is 42.4 Å². The monoisotopic (exact) mass is 543 g/mol. The summed E-state index contributed by atoms with van der Waals surface area (Å²) in [5.74, 6) is -1.01. The quantitative estimate of drug-likeness (QED) is 0.244. The number of ether oxygens (including phenoxy) is 1. The molecular weight excluding hydrogens is 517 g/mol. The maximum Gasteiger partial charge on any atom is 0.337 e. The smallest absolute Gasteiger partial charge is 0.337 e. The molecule has 0 saturated carbocycles. The first-order valence-corrected chi connectivity index (χ1v) is 12.7. The molecule has 0 radical (unpaired) electrons. The van der Waals surface area contributed by atoms with Crippen molar-refractivity contribution in [2.24, 2.45) is 0 Å². The molecule has 3 heterocycles. The molecule has 0 spiro atoms. The van der Waals surface area contributed by atoms with Gasteiger partial charge in [-0.1, -0.05) is 12.1 Å². The lowest BCUT2D eigenvalue weighted by Gasteiger charge is -2.29. The summed E-state index contributed by atoms with van der Waals surface area (Å²) in [6.45, 7) is 0.334. The van der Waals surface area contributed by atoms with Crippen LogP contribution in [-0.2, 0) is 9.53 Å². The Bertz CT molecular complexity index is 1490. The average Bonchev–Trinajstić information content (AvgIpc) is 3.57. The number of nitrogens with one attached hydrogen (secondary N) is 2. The standard InChI is InChI=1S/C29H26FN5O3S/c1-38-28(37)19-6-4-7-22(18-19)34-16-5-9-24(34)27-26(23-8-2-3-15-31-23)33-29(39)35(27)17-14-25(36)32-21-12-10-20(30)11-13-21/h2-13,15-16,18,26-27H,14,17H2,1H3,(H,32,36)(H,33,39)/t26-,27+/m0/s1. The lowest BCUT2D eigenvalue weighted by molar-refractivity contribution is -0.116. The highest BCUT2D eigenvalue weighted by molar-refractivity contribution is 7.80. The number of esters is 1. The number of carbonyl (C=O) groups excluding carboxylic acids is 2. The molecule has 2 N–H and O–H groups in total. The van der Waals surface area contributed by atoms with Gasteiger partial charge in [-0.25, -0.2) is 9.18 Å². The Balaban J connectivity index is 1.45. The molecule has 0 bridgehead atoms. The third-order valence-electron chi connectivity index (χ3n) is 6.53. The number of rotatable bonds is 8. The number of amides is 1. The fraction of sp³-hybridized carbons (Fsp3) is 0.172. The van der Waals surface area contributed by atoms with Gasteiger partial charge in [-0.2, -0.15) is 0 Å². The average molecular weight is 544 g/mol. The SMILES string of the molecule is COC(=O)c1cccc(-n2cccc2[C@@H]2[C@H](c3ccccn3)NC(=S)N2CCC(=O)Nc2ccc(F)cc2)c1. The number of anilines is 1. The molecule has 39 heavy (non-hydrogen) atoms. The van der Waals surface area contributed by atoms with Crippen LogP contribution in [0.1, 0.15) is 40.3 Å². The molecule has 2 aromatic heterocycles. The zero-order valence-corrected chi connectivity index (χ0v) is 21.9. The first kappa shape index (κ1) is 26.1. The van der Waals surface area contributed by atoms with Crippen LogP contribution >= 0.6 is 12.2 Å². The molecule has 1 saturated heterocycles. The largest absolute Gasteiger partial charge is 0.465 e. The van der Waals surface area contributed by atoms with Crippen molar-refractivity contribution in [3.63, 3.8) is 0 Å². The summed E-state index contributed by atoms with van der Waals surface area (Å²) < 4.78 is 20.1. The Hall–Kier alpha value is -4.57. The molecule has 0 aliphatic carbocycles. The molecule has 0 unspecified atom stereocenters. The summed E-state index contributed by atoms with van der Waals surface area (Å²) in [7, 11) is 1.35. The summed E-state index contributed by atoms with van der Waals surface area (Å²) >= 11 is 5.74. The molecule has 8 nitrogen and oxygen atoms in total. The van der Waals surface area contributed by atoms with Crippen LogP contribution in [-0.4, -0.2) is 45.1 Å². The summed E-state index contributed by atoms with van der Waals surface area (Å²) in [5, 5.41) is 6.69. The molecule has 4 aromatic rings. The molecule has 2 atom stereocenters. The van der Waals surface area contributed by atoms with Crippen molar-refractivity contribution < 1.29 is 18.7 Å². The van der Waals surface area contributed by atoms with Crippen molar-refractivity contribution in [1.82, 2.24) is 19.8 Å². The first-order chi connectivity index (χ1) is 18.9. The lowest BCUT2D eigenvalue weighted by Crippen LogP contribution is -2.33. The maximum absolute atomic E-state index is 13.2. The Labute approximate surface area is 230 Å². The van der Waals surface area contributed by atoms with E-state index in [1.165, 1.54) is 31.4 Å². The van der Waals surface area contributed by atoms with E-state index in [9.17, 15) is 14.0 Å². The molecule has 1 aliphatic heterocycles. The van der Waals surface area contributed by atoms with Crippen molar-refractivity contribution in [1.29, 1.82) is 0 Å². The number of thiocarbonyl (C=S) groups is 1. The van der Waals surface area contributed by atoms with Gasteiger partial charge >= 0.3 is 5.97 Å². The van der Waals surface area contributed by atoms with Gasteiger partial charge in [0.1, 0.15) is 5.82 Å². The topological polar surface area (TPSA) is 88.5 Å². The zero-order chi connectivity index (χ0) is 27.4. The molecule has 1 amide bonds. The van der Waals surface area contributed by atoms with Crippen molar-refractivity contribution in [3.8, 4) is 5.69 Å². The number of aromatic nitrogens is 2. The van der Waals surface area contributed by atoms with Crippen molar-refractivity contribution in [2.45, 2.75) is 18.5 Å². The molecule has 5 rings (SSSR count). The normalized spacial score (nSPS) is 16.6. The Morgan fingerprint density at radius 1 is 1.08 bits per heavy atom. The van der Waals surface area contributed by atoms with Gasteiger partial charge in [0.15, 0.2) is 5.11 Å². The summed E-state index contributed by atoms with van der Waals surface area (Å²) in [4.78, 5) is 31.5. The number of benzene rings is 2. The number of carbonyl (C=O) groups is 2. The van der Waals surface area contributed by atoms with E-state index in [4.69, 9.17) is 17.0 Å². The number of methoxy groups -OCH3 is 1. The highest BCUT2D eigenvalue weighted by Gasteiger charge is 2.41.